The van der Waals surface area contributed by atoms with Crippen LogP contribution < -0.4 is 5.32 Å². The van der Waals surface area contributed by atoms with Gasteiger partial charge in [-0.05, 0) is 56.4 Å². The molecule has 2 aliphatic rings. The van der Waals surface area contributed by atoms with Crippen LogP contribution in [0.3, 0.4) is 0 Å². The SMILES string of the molecule is COC(=O)c1c(NC(=O)CN2CC[C@]3(O)CCCC[C@H]3[C@H]2c2ccc(F)cc2)sc(C)c1C. The minimum atomic E-state index is -0.760. The molecule has 2 fully saturated rings. The van der Waals surface area contributed by atoms with Crippen LogP contribution in [-0.4, -0.2) is 47.7 Å². The number of likely N-dealkylation sites (tertiary alicyclic amines) is 1. The summed E-state index contributed by atoms with van der Waals surface area (Å²) in [5.41, 5.74) is 1.34. The van der Waals surface area contributed by atoms with Gasteiger partial charge in [-0.25, -0.2) is 9.18 Å². The van der Waals surface area contributed by atoms with Crippen LogP contribution in [-0.2, 0) is 9.53 Å². The Morgan fingerprint density at radius 2 is 1.97 bits per heavy atom. The number of nitrogens with zero attached hydrogens (tertiary/aromatic N) is 1. The molecule has 1 aliphatic heterocycles. The van der Waals surface area contributed by atoms with Gasteiger partial charge in [0.2, 0.25) is 5.91 Å². The summed E-state index contributed by atoms with van der Waals surface area (Å²) in [5.74, 6) is -1.03. The molecule has 2 heterocycles. The summed E-state index contributed by atoms with van der Waals surface area (Å²) in [4.78, 5) is 28.4. The summed E-state index contributed by atoms with van der Waals surface area (Å²) in [6.45, 7) is 4.42. The molecule has 2 aromatic rings. The fraction of sp³-hybridized carbons (Fsp3) is 0.520. The van der Waals surface area contributed by atoms with Gasteiger partial charge in [0.25, 0.3) is 0 Å². The monoisotopic (exact) mass is 474 g/mol. The predicted octanol–water partition coefficient (Wildman–Crippen LogP) is 4.60. The second kappa shape index (κ2) is 9.52. The fourth-order valence-electron chi connectivity index (χ4n) is 5.44. The number of benzene rings is 1. The number of hydrogen-bond acceptors (Lipinski definition) is 6. The Morgan fingerprint density at radius 1 is 1.24 bits per heavy atom. The highest BCUT2D eigenvalue weighted by atomic mass is 32.1. The summed E-state index contributed by atoms with van der Waals surface area (Å²) in [6, 6.07) is 6.20. The molecule has 3 atom stereocenters. The van der Waals surface area contributed by atoms with E-state index in [0.29, 0.717) is 23.5 Å². The normalized spacial score (nSPS) is 25.4. The van der Waals surface area contributed by atoms with Crippen LogP contribution in [0.4, 0.5) is 9.39 Å². The maximum Gasteiger partial charge on any atom is 0.341 e. The van der Waals surface area contributed by atoms with Crippen molar-refractivity contribution >= 4 is 28.2 Å². The lowest BCUT2D eigenvalue weighted by molar-refractivity contribution is -0.135. The van der Waals surface area contributed by atoms with Crippen molar-refractivity contribution in [2.24, 2.45) is 5.92 Å². The van der Waals surface area contributed by atoms with Crippen LogP contribution >= 0.6 is 11.3 Å². The Bertz CT molecular complexity index is 1040. The number of rotatable bonds is 5. The standard InChI is InChI=1S/C25H31FN2O4S/c1-15-16(2)33-23(21(15)24(30)32-3)27-20(29)14-28-13-12-25(31)11-5-4-6-19(25)22(28)17-7-9-18(26)10-8-17/h7-10,19,22,31H,4-6,11-14H2,1-3H3,(H,27,29)/t19-,22+,25+/m0/s1. The third-order valence-electron chi connectivity index (χ3n) is 7.26. The number of methoxy groups -OCH3 is 1. The second-order valence-electron chi connectivity index (χ2n) is 9.20. The van der Waals surface area contributed by atoms with Gasteiger partial charge in [-0.15, -0.1) is 11.3 Å². The van der Waals surface area contributed by atoms with Crippen LogP contribution in [0.5, 0.6) is 0 Å². The number of amides is 1. The van der Waals surface area contributed by atoms with E-state index < -0.39 is 11.6 Å². The largest absolute Gasteiger partial charge is 0.465 e. The van der Waals surface area contributed by atoms with Crippen molar-refractivity contribution in [1.82, 2.24) is 4.90 Å². The number of esters is 1. The molecule has 6 nitrogen and oxygen atoms in total. The first-order valence-electron chi connectivity index (χ1n) is 11.4. The summed E-state index contributed by atoms with van der Waals surface area (Å²) < 4.78 is 18.5. The Balaban J connectivity index is 1.58. The van der Waals surface area contributed by atoms with Gasteiger partial charge in [0.15, 0.2) is 0 Å². The van der Waals surface area contributed by atoms with E-state index in [0.717, 1.165) is 41.7 Å². The van der Waals surface area contributed by atoms with Gasteiger partial charge in [-0.1, -0.05) is 25.0 Å². The molecule has 1 aliphatic carbocycles. The molecule has 1 saturated carbocycles. The highest BCUT2D eigenvalue weighted by Gasteiger charge is 2.49. The number of fused-ring (bicyclic) bond motifs is 1. The third-order valence-corrected chi connectivity index (χ3v) is 8.38. The zero-order valence-corrected chi connectivity index (χ0v) is 20.1. The topological polar surface area (TPSA) is 78.9 Å². The first kappa shape index (κ1) is 23.9. The zero-order valence-electron chi connectivity index (χ0n) is 19.3. The first-order chi connectivity index (χ1) is 15.7. The number of halogens is 1. The van der Waals surface area contributed by atoms with Crippen LogP contribution in [0.1, 0.15) is 64.5 Å². The molecule has 1 aromatic heterocycles. The molecule has 0 bridgehead atoms. The van der Waals surface area contributed by atoms with Gasteiger partial charge < -0.3 is 15.2 Å². The number of carbonyl (C=O) groups excluding carboxylic acids is 2. The number of thiophene rings is 1. The van der Waals surface area contributed by atoms with Crippen LogP contribution in [0.2, 0.25) is 0 Å². The third kappa shape index (κ3) is 4.69. The van der Waals surface area contributed by atoms with Crippen molar-refractivity contribution in [2.45, 2.75) is 57.6 Å². The minimum absolute atomic E-state index is 0.0184. The highest BCUT2D eigenvalue weighted by molar-refractivity contribution is 7.16. The van der Waals surface area contributed by atoms with Crippen molar-refractivity contribution in [3.8, 4) is 0 Å². The van der Waals surface area contributed by atoms with Gasteiger partial charge in [0.05, 0.1) is 24.8 Å². The average Bonchev–Trinajstić information content (AvgIpc) is 3.06. The quantitative estimate of drug-likeness (QED) is 0.620. The summed E-state index contributed by atoms with van der Waals surface area (Å²) in [5, 5.41) is 14.8. The number of aryl methyl sites for hydroxylation is 1. The molecule has 0 spiro atoms. The number of anilines is 1. The maximum absolute atomic E-state index is 13.6. The molecule has 8 heteroatoms. The molecule has 1 saturated heterocycles. The highest BCUT2D eigenvalue weighted by Crippen LogP contribution is 2.49. The maximum atomic E-state index is 13.6. The summed E-state index contributed by atoms with van der Waals surface area (Å²) >= 11 is 1.36. The Labute approximate surface area is 197 Å². The number of nitrogens with one attached hydrogen (secondary N) is 1. The number of aliphatic hydroxyl groups is 1. The van der Waals surface area contributed by atoms with Gasteiger partial charge in [-0.3, -0.25) is 9.69 Å². The lowest BCUT2D eigenvalue weighted by Gasteiger charge is -2.52. The Kier molecular flexibility index (Phi) is 6.88. The summed E-state index contributed by atoms with van der Waals surface area (Å²) in [6.07, 6.45) is 4.25. The molecule has 1 aromatic carbocycles. The fourth-order valence-corrected chi connectivity index (χ4v) is 6.50. The zero-order chi connectivity index (χ0) is 23.8. The van der Waals surface area contributed by atoms with Crippen molar-refractivity contribution in [3.05, 3.63) is 51.7 Å². The molecule has 2 N–H and O–H groups in total. The van der Waals surface area contributed by atoms with E-state index >= 15 is 0 Å². The predicted molar refractivity (Wildman–Crippen MR) is 126 cm³/mol. The molecule has 33 heavy (non-hydrogen) atoms. The van der Waals surface area contributed by atoms with E-state index in [-0.39, 0.29) is 30.2 Å². The minimum Gasteiger partial charge on any atom is -0.465 e. The number of hydrogen-bond donors (Lipinski definition) is 2. The van der Waals surface area contributed by atoms with Gasteiger partial charge in [0, 0.05) is 23.4 Å². The Hall–Kier alpha value is -2.29. The van der Waals surface area contributed by atoms with Crippen molar-refractivity contribution in [1.29, 1.82) is 0 Å². The van der Waals surface area contributed by atoms with Gasteiger partial charge >= 0.3 is 5.97 Å². The van der Waals surface area contributed by atoms with Crippen molar-refractivity contribution in [2.75, 3.05) is 25.5 Å². The molecule has 4 rings (SSSR count). The number of piperidine rings is 1. The van der Waals surface area contributed by atoms with Crippen LogP contribution in [0.15, 0.2) is 24.3 Å². The molecule has 1 amide bonds. The second-order valence-corrected chi connectivity index (χ2v) is 10.4. The lowest BCUT2D eigenvalue weighted by Crippen LogP contribution is -2.56. The first-order valence-corrected chi connectivity index (χ1v) is 12.2. The van der Waals surface area contributed by atoms with Gasteiger partial charge in [-0.2, -0.15) is 0 Å². The Morgan fingerprint density at radius 3 is 2.67 bits per heavy atom. The van der Waals surface area contributed by atoms with Crippen molar-refractivity contribution < 1.29 is 23.8 Å². The number of carbonyl (C=O) groups is 2. The van der Waals surface area contributed by atoms with E-state index in [2.05, 4.69) is 10.2 Å². The van der Waals surface area contributed by atoms with E-state index in [4.69, 9.17) is 4.74 Å². The summed E-state index contributed by atoms with van der Waals surface area (Å²) in [7, 11) is 1.33. The average molecular weight is 475 g/mol. The van der Waals surface area contributed by atoms with Crippen LogP contribution in [0.25, 0.3) is 0 Å². The molecule has 0 radical (unpaired) electrons. The van der Waals surface area contributed by atoms with E-state index in [1.807, 2.05) is 13.8 Å². The molecule has 178 valence electrons. The number of ether oxygens (including phenoxy) is 1. The molecular formula is C25H31FN2O4S. The lowest BCUT2D eigenvalue weighted by atomic mass is 9.66. The molecule has 0 unspecified atom stereocenters. The molecular weight excluding hydrogens is 443 g/mol. The van der Waals surface area contributed by atoms with E-state index in [9.17, 15) is 19.1 Å². The van der Waals surface area contributed by atoms with Crippen LogP contribution in [0, 0.1) is 25.6 Å². The van der Waals surface area contributed by atoms with Gasteiger partial charge in [0.1, 0.15) is 10.8 Å². The van der Waals surface area contributed by atoms with E-state index in [1.165, 1.54) is 30.6 Å². The smallest absolute Gasteiger partial charge is 0.341 e. The van der Waals surface area contributed by atoms with E-state index in [1.54, 1.807) is 12.1 Å². The van der Waals surface area contributed by atoms with Crippen molar-refractivity contribution in [3.63, 3.8) is 0 Å².